The summed E-state index contributed by atoms with van der Waals surface area (Å²) >= 11 is 0. The minimum absolute atomic E-state index is 0.0991. The Morgan fingerprint density at radius 2 is 2.00 bits per heavy atom. The molecule has 3 rings (SSSR count). The zero-order valence-electron chi connectivity index (χ0n) is 11.8. The van der Waals surface area contributed by atoms with E-state index >= 15 is 0 Å². The fraction of sp³-hybridized carbons (Fsp3) is 0.562. The van der Waals surface area contributed by atoms with E-state index in [4.69, 9.17) is 4.74 Å². The number of piperidine rings is 1. The smallest absolute Gasteiger partial charge is 0.257 e. The van der Waals surface area contributed by atoms with Crippen molar-refractivity contribution in [3.05, 3.63) is 29.6 Å². The molecule has 1 saturated heterocycles. The van der Waals surface area contributed by atoms with Gasteiger partial charge in [0.05, 0.1) is 12.7 Å². The summed E-state index contributed by atoms with van der Waals surface area (Å²) in [5, 5.41) is 0. The van der Waals surface area contributed by atoms with Crippen molar-refractivity contribution in [2.45, 2.75) is 25.7 Å². The van der Waals surface area contributed by atoms with E-state index < -0.39 is 5.82 Å². The Bertz CT molecular complexity index is 505. The van der Waals surface area contributed by atoms with E-state index in [1.807, 2.05) is 4.90 Å². The molecule has 1 aliphatic carbocycles. The number of carbonyl (C=O) groups excluding carboxylic acids is 1. The van der Waals surface area contributed by atoms with Crippen molar-refractivity contribution in [2.75, 3.05) is 20.2 Å². The van der Waals surface area contributed by atoms with Crippen LogP contribution in [0.4, 0.5) is 4.39 Å². The molecule has 1 saturated carbocycles. The third-order valence-electron chi connectivity index (χ3n) is 4.53. The SMILES string of the molecule is COc1ccc(F)cc1C(=O)N1C[C@H]2CCC[C@@H](C2)C1. The van der Waals surface area contributed by atoms with Gasteiger partial charge in [0.15, 0.2) is 0 Å². The first kappa shape index (κ1) is 13.4. The van der Waals surface area contributed by atoms with Crippen molar-refractivity contribution in [1.82, 2.24) is 4.90 Å². The molecule has 0 N–H and O–H groups in total. The van der Waals surface area contributed by atoms with Crippen molar-refractivity contribution in [3.63, 3.8) is 0 Å². The lowest BCUT2D eigenvalue weighted by Gasteiger charge is -2.41. The number of methoxy groups -OCH3 is 1. The summed E-state index contributed by atoms with van der Waals surface area (Å²) in [5.41, 5.74) is 0.340. The minimum Gasteiger partial charge on any atom is -0.496 e. The van der Waals surface area contributed by atoms with E-state index in [0.717, 1.165) is 13.1 Å². The lowest BCUT2D eigenvalue weighted by molar-refractivity contribution is 0.0501. The Balaban J connectivity index is 1.83. The molecule has 3 nitrogen and oxygen atoms in total. The molecule has 1 heterocycles. The van der Waals surface area contributed by atoms with E-state index in [2.05, 4.69) is 0 Å². The van der Waals surface area contributed by atoms with E-state index in [1.54, 1.807) is 0 Å². The van der Waals surface area contributed by atoms with E-state index in [0.29, 0.717) is 23.1 Å². The van der Waals surface area contributed by atoms with Gasteiger partial charge in [-0.25, -0.2) is 4.39 Å². The maximum absolute atomic E-state index is 13.4. The minimum atomic E-state index is -0.397. The molecule has 0 unspecified atom stereocenters. The highest BCUT2D eigenvalue weighted by Gasteiger charge is 2.33. The van der Waals surface area contributed by atoms with Crippen molar-refractivity contribution < 1.29 is 13.9 Å². The summed E-state index contributed by atoms with van der Waals surface area (Å²) in [5.74, 6) is 1.19. The first-order chi connectivity index (χ1) is 9.67. The molecule has 20 heavy (non-hydrogen) atoms. The van der Waals surface area contributed by atoms with Crippen LogP contribution in [0.15, 0.2) is 18.2 Å². The molecule has 0 radical (unpaired) electrons. The Hall–Kier alpha value is -1.58. The lowest BCUT2D eigenvalue weighted by atomic mass is 9.78. The monoisotopic (exact) mass is 277 g/mol. The molecule has 1 aromatic carbocycles. The Morgan fingerprint density at radius 3 is 2.65 bits per heavy atom. The summed E-state index contributed by atoms with van der Waals surface area (Å²) in [7, 11) is 1.51. The zero-order chi connectivity index (χ0) is 14.1. The maximum atomic E-state index is 13.4. The summed E-state index contributed by atoms with van der Waals surface area (Å²) < 4.78 is 18.6. The van der Waals surface area contributed by atoms with Gasteiger partial charge in [-0.1, -0.05) is 6.42 Å². The molecule has 2 aliphatic rings. The number of amides is 1. The van der Waals surface area contributed by atoms with Crippen LogP contribution in [0, 0.1) is 17.7 Å². The highest BCUT2D eigenvalue weighted by Crippen LogP contribution is 2.35. The average molecular weight is 277 g/mol. The molecule has 0 aromatic heterocycles. The van der Waals surface area contributed by atoms with Crippen molar-refractivity contribution in [3.8, 4) is 5.75 Å². The van der Waals surface area contributed by atoms with E-state index in [1.165, 1.54) is 51.0 Å². The maximum Gasteiger partial charge on any atom is 0.257 e. The first-order valence-corrected chi connectivity index (χ1v) is 7.30. The number of hydrogen-bond donors (Lipinski definition) is 0. The molecular formula is C16H20FNO2. The third kappa shape index (κ3) is 2.51. The number of rotatable bonds is 2. The topological polar surface area (TPSA) is 29.5 Å². The second-order valence-electron chi connectivity index (χ2n) is 5.95. The number of hydrogen-bond acceptors (Lipinski definition) is 2. The van der Waals surface area contributed by atoms with Crippen LogP contribution in [0.2, 0.25) is 0 Å². The summed E-state index contributed by atoms with van der Waals surface area (Å²) in [6, 6.07) is 4.12. The average Bonchev–Trinajstić information content (AvgIpc) is 2.46. The normalized spacial score (nSPS) is 25.4. The van der Waals surface area contributed by atoms with E-state index in [-0.39, 0.29) is 5.91 Å². The van der Waals surface area contributed by atoms with Gasteiger partial charge >= 0.3 is 0 Å². The van der Waals surface area contributed by atoms with Crippen molar-refractivity contribution in [2.24, 2.45) is 11.8 Å². The molecular weight excluding hydrogens is 257 g/mol. The van der Waals surface area contributed by atoms with Gasteiger partial charge in [-0.15, -0.1) is 0 Å². The van der Waals surface area contributed by atoms with Gasteiger partial charge in [0.2, 0.25) is 0 Å². The quantitative estimate of drug-likeness (QED) is 0.831. The predicted octanol–water partition coefficient (Wildman–Crippen LogP) is 3.10. The summed E-state index contributed by atoms with van der Waals surface area (Å²) in [6.45, 7) is 1.60. The molecule has 1 amide bonds. The van der Waals surface area contributed by atoms with Crippen LogP contribution in [-0.2, 0) is 0 Å². The number of nitrogens with zero attached hydrogens (tertiary/aromatic N) is 1. The predicted molar refractivity (Wildman–Crippen MR) is 74.3 cm³/mol. The molecule has 2 atom stereocenters. The fourth-order valence-corrected chi connectivity index (χ4v) is 3.62. The number of benzene rings is 1. The number of fused-ring (bicyclic) bond motifs is 2. The van der Waals surface area contributed by atoms with Crippen LogP contribution in [0.25, 0.3) is 0 Å². The van der Waals surface area contributed by atoms with Gasteiger partial charge in [0.25, 0.3) is 5.91 Å². The van der Waals surface area contributed by atoms with Gasteiger partial charge in [-0.2, -0.15) is 0 Å². The molecule has 1 aliphatic heterocycles. The first-order valence-electron chi connectivity index (χ1n) is 7.30. The highest BCUT2D eigenvalue weighted by molar-refractivity contribution is 5.97. The van der Waals surface area contributed by atoms with E-state index in [9.17, 15) is 9.18 Å². The van der Waals surface area contributed by atoms with Gasteiger partial charge in [0, 0.05) is 13.1 Å². The molecule has 108 valence electrons. The fourth-order valence-electron chi connectivity index (χ4n) is 3.62. The van der Waals surface area contributed by atoms with Crippen molar-refractivity contribution >= 4 is 5.91 Å². The highest BCUT2D eigenvalue weighted by atomic mass is 19.1. The van der Waals surface area contributed by atoms with Crippen LogP contribution in [0.5, 0.6) is 5.75 Å². The Morgan fingerprint density at radius 1 is 1.30 bits per heavy atom. The summed E-state index contributed by atoms with van der Waals surface area (Å²) in [4.78, 5) is 14.5. The second-order valence-corrected chi connectivity index (χ2v) is 5.95. The van der Waals surface area contributed by atoms with Crippen LogP contribution in [0.3, 0.4) is 0 Å². The second kappa shape index (κ2) is 5.43. The van der Waals surface area contributed by atoms with Crippen LogP contribution >= 0.6 is 0 Å². The molecule has 4 heteroatoms. The van der Waals surface area contributed by atoms with Crippen LogP contribution < -0.4 is 4.74 Å². The van der Waals surface area contributed by atoms with Gasteiger partial charge < -0.3 is 9.64 Å². The van der Waals surface area contributed by atoms with Crippen molar-refractivity contribution in [1.29, 1.82) is 0 Å². The standard InChI is InChI=1S/C16H20FNO2/c1-20-15-6-5-13(17)8-14(15)16(19)18-9-11-3-2-4-12(7-11)10-18/h5-6,8,11-12H,2-4,7,9-10H2,1H3/t11-,12-/m0/s1. The Labute approximate surface area is 118 Å². The molecule has 0 spiro atoms. The number of carbonyl (C=O) groups is 1. The molecule has 2 bridgehead atoms. The largest absolute Gasteiger partial charge is 0.496 e. The number of halogens is 1. The number of likely N-dealkylation sites (tertiary alicyclic amines) is 1. The van der Waals surface area contributed by atoms with Gasteiger partial charge in [-0.05, 0) is 49.3 Å². The lowest BCUT2D eigenvalue weighted by Crippen LogP contribution is -2.45. The van der Waals surface area contributed by atoms with Crippen LogP contribution in [0.1, 0.15) is 36.0 Å². The van der Waals surface area contributed by atoms with Crippen LogP contribution in [-0.4, -0.2) is 31.0 Å². The number of ether oxygens (including phenoxy) is 1. The van der Waals surface area contributed by atoms with Gasteiger partial charge in [-0.3, -0.25) is 4.79 Å². The third-order valence-corrected chi connectivity index (χ3v) is 4.53. The van der Waals surface area contributed by atoms with Gasteiger partial charge in [0.1, 0.15) is 11.6 Å². The molecule has 1 aromatic rings. The molecule has 2 fully saturated rings. The zero-order valence-corrected chi connectivity index (χ0v) is 11.8. The summed E-state index contributed by atoms with van der Waals surface area (Å²) in [6.07, 6.45) is 4.94. The Kier molecular flexibility index (Phi) is 3.64.